The average molecular weight is 211 g/mol. The van der Waals surface area contributed by atoms with Gasteiger partial charge >= 0.3 is 5.97 Å². The Labute approximate surface area is 84.8 Å². The van der Waals surface area contributed by atoms with Crippen LogP contribution in [0.15, 0.2) is 18.3 Å². The highest BCUT2D eigenvalue weighted by Gasteiger charge is 2.13. The number of nitrogens with zero attached hydrogens (tertiary/aromatic N) is 2. The number of rotatable bonds is 1. The maximum absolute atomic E-state index is 10.8. The number of hydrogen-bond donors (Lipinski definition) is 1. The molecule has 2 rings (SSSR count). The number of aryl methyl sites for hydroxylation is 1. The van der Waals surface area contributed by atoms with E-state index in [4.69, 9.17) is 16.7 Å². The van der Waals surface area contributed by atoms with Crippen molar-refractivity contribution in [3.05, 3.63) is 34.9 Å². The molecule has 0 aliphatic heterocycles. The van der Waals surface area contributed by atoms with Gasteiger partial charge in [0.25, 0.3) is 0 Å². The molecule has 0 spiro atoms. The highest BCUT2D eigenvalue weighted by Crippen LogP contribution is 2.16. The van der Waals surface area contributed by atoms with Gasteiger partial charge in [-0.2, -0.15) is 0 Å². The first kappa shape index (κ1) is 9.02. The number of pyridine rings is 1. The molecule has 2 aromatic heterocycles. The maximum atomic E-state index is 10.8. The Morgan fingerprint density at radius 2 is 2.29 bits per heavy atom. The lowest BCUT2D eigenvalue weighted by Gasteiger charge is -1.96. The summed E-state index contributed by atoms with van der Waals surface area (Å²) in [6.45, 7) is 1.73. The van der Waals surface area contributed by atoms with Gasteiger partial charge in [-0.3, -0.25) is 0 Å². The summed E-state index contributed by atoms with van der Waals surface area (Å²) in [5.41, 5.74) is 0.610. The van der Waals surface area contributed by atoms with Gasteiger partial charge in [-0.15, -0.1) is 0 Å². The lowest BCUT2D eigenvalue weighted by atomic mass is 10.3. The molecule has 0 unspecified atom stereocenters. The standard InChI is InChI=1S/C9H7ClN2O2/c1-5-11-8(9(13)14)7-3-2-6(10)4-12(5)7/h2-4H,1H3,(H,13,14). The minimum atomic E-state index is -1.03. The summed E-state index contributed by atoms with van der Waals surface area (Å²) in [5.74, 6) is -0.419. The molecular weight excluding hydrogens is 204 g/mol. The number of carboxylic acid groups (broad SMARTS) is 1. The van der Waals surface area contributed by atoms with Gasteiger partial charge in [0.1, 0.15) is 5.82 Å². The van der Waals surface area contributed by atoms with Gasteiger partial charge in [0.15, 0.2) is 5.69 Å². The van der Waals surface area contributed by atoms with Crippen molar-refractivity contribution in [1.29, 1.82) is 0 Å². The highest BCUT2D eigenvalue weighted by molar-refractivity contribution is 6.30. The summed E-state index contributed by atoms with van der Waals surface area (Å²) in [7, 11) is 0. The second kappa shape index (κ2) is 2.99. The van der Waals surface area contributed by atoms with Crippen LogP contribution in [-0.4, -0.2) is 20.5 Å². The zero-order chi connectivity index (χ0) is 10.3. The number of carboxylic acids is 1. The fourth-order valence-electron chi connectivity index (χ4n) is 1.37. The second-order valence-electron chi connectivity index (χ2n) is 2.92. The zero-order valence-electron chi connectivity index (χ0n) is 7.36. The van der Waals surface area contributed by atoms with E-state index in [1.165, 1.54) is 0 Å². The Morgan fingerprint density at radius 1 is 1.57 bits per heavy atom. The van der Waals surface area contributed by atoms with E-state index >= 15 is 0 Å². The minimum absolute atomic E-state index is 0.0548. The van der Waals surface area contributed by atoms with E-state index in [0.717, 1.165) is 0 Å². The molecule has 0 fully saturated rings. The largest absolute Gasteiger partial charge is 0.476 e. The Hall–Kier alpha value is -1.55. The minimum Gasteiger partial charge on any atom is -0.476 e. The molecule has 0 saturated heterocycles. The van der Waals surface area contributed by atoms with Gasteiger partial charge in [0.05, 0.1) is 10.5 Å². The van der Waals surface area contributed by atoms with E-state index in [1.807, 2.05) is 0 Å². The van der Waals surface area contributed by atoms with Crippen molar-refractivity contribution < 1.29 is 9.90 Å². The number of halogens is 1. The van der Waals surface area contributed by atoms with Gasteiger partial charge in [-0.1, -0.05) is 11.6 Å². The lowest BCUT2D eigenvalue weighted by molar-refractivity contribution is 0.0693. The molecule has 0 atom stereocenters. The molecule has 0 aliphatic rings. The first-order valence-corrected chi connectivity index (χ1v) is 4.35. The van der Waals surface area contributed by atoms with Crippen molar-refractivity contribution in [2.75, 3.05) is 0 Å². The van der Waals surface area contributed by atoms with E-state index in [2.05, 4.69) is 4.98 Å². The van der Waals surface area contributed by atoms with E-state index in [9.17, 15) is 4.79 Å². The van der Waals surface area contributed by atoms with Crippen LogP contribution in [0.5, 0.6) is 0 Å². The zero-order valence-corrected chi connectivity index (χ0v) is 8.12. The molecule has 1 N–H and O–H groups in total. The van der Waals surface area contributed by atoms with Crippen molar-refractivity contribution in [1.82, 2.24) is 9.38 Å². The first-order chi connectivity index (χ1) is 6.59. The summed E-state index contributed by atoms with van der Waals surface area (Å²) in [5, 5.41) is 9.41. The molecule has 0 saturated carbocycles. The predicted octanol–water partition coefficient (Wildman–Crippen LogP) is 1.99. The van der Waals surface area contributed by atoms with Crippen LogP contribution < -0.4 is 0 Å². The van der Waals surface area contributed by atoms with Gasteiger partial charge < -0.3 is 9.51 Å². The Kier molecular flexibility index (Phi) is 1.93. The van der Waals surface area contributed by atoms with Crippen LogP contribution in [0.3, 0.4) is 0 Å². The fourth-order valence-corrected chi connectivity index (χ4v) is 1.53. The molecule has 0 amide bonds. The average Bonchev–Trinajstić information content (AvgIpc) is 2.44. The van der Waals surface area contributed by atoms with E-state index < -0.39 is 5.97 Å². The summed E-state index contributed by atoms with van der Waals surface area (Å²) in [4.78, 5) is 14.7. The Bertz CT molecular complexity index is 519. The van der Waals surface area contributed by atoms with E-state index in [1.54, 1.807) is 29.7 Å². The van der Waals surface area contributed by atoms with Crippen molar-refractivity contribution in [2.24, 2.45) is 0 Å². The molecule has 14 heavy (non-hydrogen) atoms. The van der Waals surface area contributed by atoms with Gasteiger partial charge in [0, 0.05) is 6.20 Å². The molecule has 0 bridgehead atoms. The number of imidazole rings is 1. The highest BCUT2D eigenvalue weighted by atomic mass is 35.5. The normalized spacial score (nSPS) is 10.7. The number of aromatic nitrogens is 2. The topological polar surface area (TPSA) is 54.6 Å². The van der Waals surface area contributed by atoms with Crippen molar-refractivity contribution >= 4 is 23.1 Å². The van der Waals surface area contributed by atoms with Crippen molar-refractivity contribution in [2.45, 2.75) is 6.92 Å². The molecule has 2 heterocycles. The molecule has 0 radical (unpaired) electrons. The SMILES string of the molecule is Cc1nc(C(=O)O)c2ccc(Cl)cn12. The lowest BCUT2D eigenvalue weighted by Crippen LogP contribution is -1.97. The van der Waals surface area contributed by atoms with Gasteiger partial charge in [-0.25, -0.2) is 9.78 Å². The third-order valence-electron chi connectivity index (χ3n) is 1.98. The van der Waals surface area contributed by atoms with Crippen molar-refractivity contribution in [3.63, 3.8) is 0 Å². The number of aromatic carboxylic acids is 1. The molecule has 4 nitrogen and oxygen atoms in total. The third-order valence-corrected chi connectivity index (χ3v) is 2.20. The quantitative estimate of drug-likeness (QED) is 0.783. The predicted molar refractivity (Wildman–Crippen MR) is 51.9 cm³/mol. The Balaban J connectivity index is 2.84. The van der Waals surface area contributed by atoms with Crippen LogP contribution in [0, 0.1) is 6.92 Å². The summed E-state index contributed by atoms with van der Waals surface area (Å²) >= 11 is 5.78. The smallest absolute Gasteiger partial charge is 0.356 e. The van der Waals surface area contributed by atoms with Crippen LogP contribution in [0.4, 0.5) is 0 Å². The molecular formula is C9H7ClN2O2. The van der Waals surface area contributed by atoms with Crippen LogP contribution in [0.2, 0.25) is 5.02 Å². The van der Waals surface area contributed by atoms with Crippen molar-refractivity contribution in [3.8, 4) is 0 Å². The molecule has 5 heteroatoms. The molecule has 2 aromatic rings. The van der Waals surface area contributed by atoms with Crippen LogP contribution >= 0.6 is 11.6 Å². The molecule has 0 aliphatic carbocycles. The first-order valence-electron chi connectivity index (χ1n) is 3.97. The second-order valence-corrected chi connectivity index (χ2v) is 3.35. The Morgan fingerprint density at radius 3 is 2.93 bits per heavy atom. The van der Waals surface area contributed by atoms with Crippen LogP contribution in [-0.2, 0) is 0 Å². The fraction of sp³-hybridized carbons (Fsp3) is 0.111. The number of hydrogen-bond acceptors (Lipinski definition) is 2. The summed E-state index contributed by atoms with van der Waals surface area (Å²) in [6, 6.07) is 3.29. The summed E-state index contributed by atoms with van der Waals surface area (Å²) < 4.78 is 1.66. The van der Waals surface area contributed by atoms with E-state index in [-0.39, 0.29) is 5.69 Å². The van der Waals surface area contributed by atoms with Gasteiger partial charge in [0.2, 0.25) is 0 Å². The van der Waals surface area contributed by atoms with Crippen LogP contribution in [0.1, 0.15) is 16.3 Å². The van der Waals surface area contributed by atoms with E-state index in [0.29, 0.717) is 16.4 Å². The monoisotopic (exact) mass is 210 g/mol. The third kappa shape index (κ3) is 1.24. The van der Waals surface area contributed by atoms with Crippen LogP contribution in [0.25, 0.3) is 5.52 Å². The number of carbonyl (C=O) groups is 1. The number of fused-ring (bicyclic) bond motifs is 1. The maximum Gasteiger partial charge on any atom is 0.356 e. The summed E-state index contributed by atoms with van der Waals surface area (Å²) in [6.07, 6.45) is 1.64. The van der Waals surface area contributed by atoms with Gasteiger partial charge in [-0.05, 0) is 19.1 Å². The molecule has 0 aromatic carbocycles. The molecule has 72 valence electrons.